The average molecular weight is 443 g/mol. The molecule has 0 bridgehead atoms. The van der Waals surface area contributed by atoms with Gasteiger partial charge in [-0.3, -0.25) is 9.59 Å². The van der Waals surface area contributed by atoms with Crippen molar-refractivity contribution in [2.24, 2.45) is 0 Å². The summed E-state index contributed by atoms with van der Waals surface area (Å²) >= 11 is 0. The Labute approximate surface area is 185 Å². The molecule has 1 aliphatic rings. The molecule has 32 heavy (non-hydrogen) atoms. The first-order chi connectivity index (χ1) is 15.1. The molecule has 1 aliphatic heterocycles. The summed E-state index contributed by atoms with van der Waals surface area (Å²) in [6.45, 7) is 3.80. The Hall–Kier alpha value is -3.46. The molecule has 1 aromatic heterocycles. The molecule has 2 heterocycles. The molecule has 0 unspecified atom stereocenters. The number of likely N-dealkylation sites (N-methyl/N-ethyl adjacent to an activating group) is 1. The van der Waals surface area contributed by atoms with Gasteiger partial charge in [-0.25, -0.2) is 9.18 Å². The standard InChI is InChI=1S/C23H26FN3O5/c1-12-16(13(2)25-18(12)23(31)32-5)20(28)17-19(14-8-6-7-9-15(14)24)27(11-10-26(3)4)22(30)21(17)29/h6-9,19,25,28H,10-11H2,1-5H3/t19-/m1/s1. The predicted octanol–water partition coefficient (Wildman–Crippen LogP) is 2.54. The van der Waals surface area contributed by atoms with Crippen LogP contribution < -0.4 is 0 Å². The number of ketones is 1. The van der Waals surface area contributed by atoms with E-state index in [9.17, 15) is 23.9 Å². The minimum absolute atomic E-state index is 0.103. The molecule has 2 N–H and O–H groups in total. The number of carbonyl (C=O) groups excluding carboxylic acids is 3. The second-order valence-corrected chi connectivity index (χ2v) is 7.93. The number of hydrogen-bond acceptors (Lipinski definition) is 6. The van der Waals surface area contributed by atoms with Gasteiger partial charge in [0.05, 0.1) is 18.7 Å². The number of esters is 1. The number of nitrogens with one attached hydrogen (secondary N) is 1. The van der Waals surface area contributed by atoms with Gasteiger partial charge in [-0.1, -0.05) is 18.2 Å². The van der Waals surface area contributed by atoms with Crippen LogP contribution in [-0.4, -0.2) is 71.8 Å². The maximum Gasteiger partial charge on any atom is 0.354 e. The highest BCUT2D eigenvalue weighted by Crippen LogP contribution is 2.41. The van der Waals surface area contributed by atoms with Crippen LogP contribution in [0.2, 0.25) is 0 Å². The van der Waals surface area contributed by atoms with Crippen LogP contribution in [-0.2, 0) is 14.3 Å². The fourth-order valence-electron chi connectivity index (χ4n) is 3.98. The summed E-state index contributed by atoms with van der Waals surface area (Å²) in [5, 5.41) is 11.2. The predicted molar refractivity (Wildman–Crippen MR) is 116 cm³/mol. The van der Waals surface area contributed by atoms with E-state index in [4.69, 9.17) is 4.74 Å². The van der Waals surface area contributed by atoms with Crippen LogP contribution in [0.5, 0.6) is 0 Å². The maximum atomic E-state index is 14.8. The van der Waals surface area contributed by atoms with Gasteiger partial charge in [0.25, 0.3) is 11.7 Å². The largest absolute Gasteiger partial charge is 0.507 e. The summed E-state index contributed by atoms with van der Waals surface area (Å²) < 4.78 is 19.5. The molecule has 170 valence electrons. The molecule has 1 atom stereocenters. The lowest BCUT2D eigenvalue weighted by atomic mass is 9.93. The number of Topliss-reactive ketones (excluding diaryl/α,β-unsaturated/α-hetero) is 1. The normalized spacial score (nSPS) is 18.0. The van der Waals surface area contributed by atoms with E-state index in [1.54, 1.807) is 19.9 Å². The molecule has 0 spiro atoms. The molecule has 0 radical (unpaired) electrons. The maximum absolute atomic E-state index is 14.8. The van der Waals surface area contributed by atoms with Crippen molar-refractivity contribution in [2.75, 3.05) is 34.3 Å². The van der Waals surface area contributed by atoms with E-state index >= 15 is 0 Å². The van der Waals surface area contributed by atoms with Crippen LogP contribution in [0.4, 0.5) is 4.39 Å². The Morgan fingerprint density at radius 3 is 2.50 bits per heavy atom. The molecule has 3 rings (SSSR count). The smallest absolute Gasteiger partial charge is 0.354 e. The molecule has 9 heteroatoms. The average Bonchev–Trinajstić information content (AvgIpc) is 3.18. The number of methoxy groups -OCH3 is 1. The van der Waals surface area contributed by atoms with E-state index in [1.165, 1.54) is 30.2 Å². The number of rotatable bonds is 6. The summed E-state index contributed by atoms with van der Waals surface area (Å²) in [7, 11) is 4.86. The highest BCUT2D eigenvalue weighted by molar-refractivity contribution is 6.46. The topological polar surface area (TPSA) is 103 Å². The zero-order chi connectivity index (χ0) is 23.7. The summed E-state index contributed by atoms with van der Waals surface area (Å²) in [5.41, 5.74) is 0.977. The first-order valence-corrected chi connectivity index (χ1v) is 10.1. The summed E-state index contributed by atoms with van der Waals surface area (Å²) in [5.74, 6) is -3.43. The molecule has 1 fully saturated rings. The zero-order valence-electron chi connectivity index (χ0n) is 18.7. The van der Waals surface area contributed by atoms with E-state index in [0.29, 0.717) is 17.8 Å². The van der Waals surface area contributed by atoms with E-state index in [1.807, 2.05) is 19.0 Å². The number of carbonyl (C=O) groups is 3. The SMILES string of the molecule is COC(=O)c1[nH]c(C)c(C(O)=C2C(=O)C(=O)N(CCN(C)C)[C@@H]2c2ccccc2F)c1C. The third kappa shape index (κ3) is 3.91. The number of nitrogens with zero attached hydrogens (tertiary/aromatic N) is 2. The van der Waals surface area contributed by atoms with Crippen LogP contribution in [0.25, 0.3) is 5.76 Å². The molecule has 0 saturated carbocycles. The Morgan fingerprint density at radius 1 is 1.25 bits per heavy atom. The highest BCUT2D eigenvalue weighted by atomic mass is 19.1. The van der Waals surface area contributed by atoms with Gasteiger partial charge in [0.1, 0.15) is 17.3 Å². The van der Waals surface area contributed by atoms with Crippen molar-refractivity contribution in [1.29, 1.82) is 0 Å². The van der Waals surface area contributed by atoms with Gasteiger partial charge in [-0.2, -0.15) is 0 Å². The van der Waals surface area contributed by atoms with Gasteiger partial charge in [-0.05, 0) is 39.6 Å². The minimum Gasteiger partial charge on any atom is -0.507 e. The first-order valence-electron chi connectivity index (χ1n) is 10.1. The number of ether oxygens (including phenoxy) is 1. The monoisotopic (exact) mass is 443 g/mol. The molecule has 1 amide bonds. The zero-order valence-corrected chi connectivity index (χ0v) is 18.7. The lowest BCUT2D eigenvalue weighted by molar-refractivity contribution is -0.140. The first kappa shape index (κ1) is 23.2. The number of hydrogen-bond donors (Lipinski definition) is 2. The van der Waals surface area contributed by atoms with E-state index in [0.717, 1.165) is 0 Å². The van der Waals surface area contributed by atoms with Crippen molar-refractivity contribution >= 4 is 23.4 Å². The van der Waals surface area contributed by atoms with Gasteiger partial charge in [0.15, 0.2) is 0 Å². The fraction of sp³-hybridized carbons (Fsp3) is 0.348. The highest BCUT2D eigenvalue weighted by Gasteiger charge is 2.47. The van der Waals surface area contributed by atoms with Crippen molar-refractivity contribution in [3.63, 3.8) is 0 Å². The lowest BCUT2D eigenvalue weighted by Crippen LogP contribution is -2.35. The number of halogens is 1. The molecule has 0 aliphatic carbocycles. The second kappa shape index (κ2) is 8.96. The van der Waals surface area contributed by atoms with Crippen LogP contribution in [0.3, 0.4) is 0 Å². The molecule has 1 saturated heterocycles. The summed E-state index contributed by atoms with van der Waals surface area (Å²) in [6.07, 6.45) is 0. The third-order valence-electron chi connectivity index (χ3n) is 5.59. The number of aromatic amines is 1. The van der Waals surface area contributed by atoms with Crippen LogP contribution >= 0.6 is 0 Å². The van der Waals surface area contributed by atoms with Crippen LogP contribution in [0, 0.1) is 19.7 Å². The number of aromatic nitrogens is 1. The number of H-pyrrole nitrogens is 1. The van der Waals surface area contributed by atoms with Crippen molar-refractivity contribution in [3.8, 4) is 0 Å². The van der Waals surface area contributed by atoms with E-state index in [-0.39, 0.29) is 28.9 Å². The Bertz CT molecular complexity index is 1120. The van der Waals surface area contributed by atoms with Crippen molar-refractivity contribution in [1.82, 2.24) is 14.8 Å². The fourth-order valence-corrected chi connectivity index (χ4v) is 3.98. The van der Waals surface area contributed by atoms with Gasteiger partial charge < -0.3 is 24.6 Å². The van der Waals surface area contributed by atoms with Crippen molar-refractivity contribution < 1.29 is 28.6 Å². The van der Waals surface area contributed by atoms with Gasteiger partial charge >= 0.3 is 5.97 Å². The molecular formula is C23H26FN3O5. The number of aliphatic hydroxyl groups excluding tert-OH is 1. The van der Waals surface area contributed by atoms with E-state index in [2.05, 4.69) is 4.98 Å². The summed E-state index contributed by atoms with van der Waals surface area (Å²) in [6, 6.07) is 4.73. The number of aryl methyl sites for hydroxylation is 1. The van der Waals surface area contributed by atoms with E-state index < -0.39 is 35.3 Å². The third-order valence-corrected chi connectivity index (χ3v) is 5.59. The summed E-state index contributed by atoms with van der Waals surface area (Å²) in [4.78, 5) is 44.0. The minimum atomic E-state index is -1.11. The molecule has 8 nitrogen and oxygen atoms in total. The van der Waals surface area contributed by atoms with Crippen molar-refractivity contribution in [2.45, 2.75) is 19.9 Å². The molecular weight excluding hydrogens is 417 g/mol. The second-order valence-electron chi connectivity index (χ2n) is 7.93. The molecule has 2 aromatic rings. The Morgan fingerprint density at radius 2 is 1.91 bits per heavy atom. The Kier molecular flexibility index (Phi) is 6.50. The van der Waals surface area contributed by atoms with Crippen LogP contribution in [0.1, 0.15) is 38.9 Å². The quantitative estimate of drug-likeness (QED) is 0.308. The Balaban J connectivity index is 2.24. The van der Waals surface area contributed by atoms with Gasteiger partial charge in [0.2, 0.25) is 0 Å². The number of benzene rings is 1. The lowest BCUT2D eigenvalue weighted by Gasteiger charge is -2.26. The van der Waals surface area contributed by atoms with Gasteiger partial charge in [0, 0.05) is 29.9 Å². The number of likely N-dealkylation sites (tertiary alicyclic amines) is 1. The molecule has 1 aromatic carbocycles. The number of aliphatic hydroxyl groups is 1. The van der Waals surface area contributed by atoms with Gasteiger partial charge in [-0.15, -0.1) is 0 Å². The van der Waals surface area contributed by atoms with Crippen molar-refractivity contribution in [3.05, 3.63) is 63.7 Å². The number of amides is 1. The van der Waals surface area contributed by atoms with Crippen LogP contribution in [0.15, 0.2) is 29.8 Å².